The number of nitrogens with zero attached hydrogens (tertiary/aromatic N) is 1. The minimum Gasteiger partial charge on any atom is -0.360 e. The molecule has 1 fully saturated rings. The predicted octanol–water partition coefficient (Wildman–Crippen LogP) is 1.12. The minimum atomic E-state index is 0.105. The molecule has 0 aromatic heterocycles. The number of anilines is 1. The molecule has 1 aliphatic heterocycles. The molecule has 0 bridgehead atoms. The van der Waals surface area contributed by atoms with E-state index in [4.69, 9.17) is 0 Å². The summed E-state index contributed by atoms with van der Waals surface area (Å²) in [4.78, 5) is 13.6. The standard InChI is InChI=1S/C14H21N3O/c1-11(2)16-9-12-5-3-4-6-13(12)17-8-7-15-14(18)10-17/h3-6,11,16H,7-10H2,1-2H3,(H,15,18). The van der Waals surface area contributed by atoms with Crippen molar-refractivity contribution in [1.82, 2.24) is 10.6 Å². The summed E-state index contributed by atoms with van der Waals surface area (Å²) in [5.74, 6) is 0.105. The second-order valence-electron chi connectivity index (χ2n) is 4.94. The van der Waals surface area contributed by atoms with Gasteiger partial charge < -0.3 is 15.5 Å². The summed E-state index contributed by atoms with van der Waals surface area (Å²) in [6.07, 6.45) is 0. The Kier molecular flexibility index (Phi) is 4.20. The lowest BCUT2D eigenvalue weighted by Gasteiger charge is -2.30. The molecule has 98 valence electrons. The number of para-hydroxylation sites is 1. The fraction of sp³-hybridized carbons (Fsp3) is 0.500. The molecule has 0 unspecified atom stereocenters. The largest absolute Gasteiger partial charge is 0.360 e. The van der Waals surface area contributed by atoms with Crippen LogP contribution in [-0.4, -0.2) is 31.6 Å². The van der Waals surface area contributed by atoms with Crippen LogP contribution in [-0.2, 0) is 11.3 Å². The number of rotatable bonds is 4. The average molecular weight is 247 g/mol. The summed E-state index contributed by atoms with van der Waals surface area (Å²) in [6.45, 7) is 7.17. The number of amides is 1. The Balaban J connectivity index is 2.13. The highest BCUT2D eigenvalue weighted by atomic mass is 16.2. The van der Waals surface area contributed by atoms with E-state index in [2.05, 4.69) is 41.5 Å². The molecule has 0 aliphatic carbocycles. The van der Waals surface area contributed by atoms with Gasteiger partial charge in [0.1, 0.15) is 0 Å². The van der Waals surface area contributed by atoms with Crippen molar-refractivity contribution < 1.29 is 4.79 Å². The van der Waals surface area contributed by atoms with Gasteiger partial charge in [-0.1, -0.05) is 32.0 Å². The van der Waals surface area contributed by atoms with Crippen LogP contribution in [0, 0.1) is 0 Å². The first-order chi connectivity index (χ1) is 8.66. The Morgan fingerprint density at radius 2 is 2.17 bits per heavy atom. The lowest BCUT2D eigenvalue weighted by Crippen LogP contribution is -2.48. The lowest BCUT2D eigenvalue weighted by atomic mass is 10.1. The van der Waals surface area contributed by atoms with Crippen molar-refractivity contribution in [2.24, 2.45) is 0 Å². The number of carbonyl (C=O) groups excluding carboxylic acids is 1. The zero-order valence-electron chi connectivity index (χ0n) is 11.1. The number of hydrogen-bond donors (Lipinski definition) is 2. The van der Waals surface area contributed by atoms with Crippen molar-refractivity contribution in [2.75, 3.05) is 24.5 Å². The van der Waals surface area contributed by atoms with Gasteiger partial charge in [-0.2, -0.15) is 0 Å². The molecule has 1 amide bonds. The highest BCUT2D eigenvalue weighted by molar-refractivity contribution is 5.83. The lowest BCUT2D eigenvalue weighted by molar-refractivity contribution is -0.120. The summed E-state index contributed by atoms with van der Waals surface area (Å²) in [6, 6.07) is 8.75. The van der Waals surface area contributed by atoms with Gasteiger partial charge in [0.2, 0.25) is 5.91 Å². The van der Waals surface area contributed by atoms with Crippen LogP contribution in [0.2, 0.25) is 0 Å². The Hall–Kier alpha value is -1.55. The molecule has 2 rings (SSSR count). The van der Waals surface area contributed by atoms with Gasteiger partial charge in [0.15, 0.2) is 0 Å². The highest BCUT2D eigenvalue weighted by Gasteiger charge is 2.18. The average Bonchev–Trinajstić information content (AvgIpc) is 2.36. The Morgan fingerprint density at radius 1 is 1.39 bits per heavy atom. The van der Waals surface area contributed by atoms with Gasteiger partial charge in [0, 0.05) is 31.4 Å². The number of carbonyl (C=O) groups is 1. The first kappa shape index (κ1) is 12.9. The van der Waals surface area contributed by atoms with Crippen molar-refractivity contribution in [3.63, 3.8) is 0 Å². The molecular weight excluding hydrogens is 226 g/mol. The maximum Gasteiger partial charge on any atom is 0.239 e. The van der Waals surface area contributed by atoms with Crippen LogP contribution in [0.3, 0.4) is 0 Å². The van der Waals surface area contributed by atoms with Crippen LogP contribution in [0.4, 0.5) is 5.69 Å². The molecule has 2 N–H and O–H groups in total. The van der Waals surface area contributed by atoms with E-state index in [-0.39, 0.29) is 5.91 Å². The number of piperazine rings is 1. The fourth-order valence-corrected chi connectivity index (χ4v) is 2.13. The van der Waals surface area contributed by atoms with Crippen molar-refractivity contribution >= 4 is 11.6 Å². The van der Waals surface area contributed by atoms with Gasteiger partial charge in [-0.15, -0.1) is 0 Å². The molecule has 1 heterocycles. The monoisotopic (exact) mass is 247 g/mol. The van der Waals surface area contributed by atoms with E-state index in [1.807, 2.05) is 12.1 Å². The molecule has 0 spiro atoms. The topological polar surface area (TPSA) is 44.4 Å². The van der Waals surface area contributed by atoms with Crippen LogP contribution >= 0.6 is 0 Å². The van der Waals surface area contributed by atoms with Crippen molar-refractivity contribution in [1.29, 1.82) is 0 Å². The van der Waals surface area contributed by atoms with Crippen molar-refractivity contribution in [3.8, 4) is 0 Å². The Labute approximate surface area is 108 Å². The normalized spacial score (nSPS) is 15.9. The van der Waals surface area contributed by atoms with Crippen LogP contribution < -0.4 is 15.5 Å². The Bertz CT molecular complexity index is 417. The number of benzene rings is 1. The molecule has 1 saturated heterocycles. The van der Waals surface area contributed by atoms with E-state index >= 15 is 0 Å². The maximum atomic E-state index is 11.5. The third-order valence-corrected chi connectivity index (χ3v) is 3.07. The van der Waals surface area contributed by atoms with Gasteiger partial charge in [-0.3, -0.25) is 4.79 Å². The highest BCUT2D eigenvalue weighted by Crippen LogP contribution is 2.20. The molecule has 0 radical (unpaired) electrons. The second-order valence-corrected chi connectivity index (χ2v) is 4.94. The van der Waals surface area contributed by atoms with Crippen molar-refractivity contribution in [2.45, 2.75) is 26.4 Å². The van der Waals surface area contributed by atoms with Crippen LogP contribution in [0.5, 0.6) is 0 Å². The van der Waals surface area contributed by atoms with E-state index in [0.29, 0.717) is 12.6 Å². The summed E-state index contributed by atoms with van der Waals surface area (Å²) in [5, 5.41) is 6.28. The van der Waals surface area contributed by atoms with E-state index in [1.54, 1.807) is 0 Å². The third kappa shape index (κ3) is 3.23. The molecule has 4 heteroatoms. The molecule has 18 heavy (non-hydrogen) atoms. The van der Waals surface area contributed by atoms with Gasteiger partial charge in [0.25, 0.3) is 0 Å². The van der Waals surface area contributed by atoms with E-state index < -0.39 is 0 Å². The first-order valence-corrected chi connectivity index (χ1v) is 6.50. The van der Waals surface area contributed by atoms with Crippen LogP contribution in [0.15, 0.2) is 24.3 Å². The van der Waals surface area contributed by atoms with Gasteiger partial charge in [-0.25, -0.2) is 0 Å². The summed E-state index contributed by atoms with van der Waals surface area (Å²) >= 11 is 0. The van der Waals surface area contributed by atoms with E-state index in [0.717, 1.165) is 19.6 Å². The second kappa shape index (κ2) is 5.87. The first-order valence-electron chi connectivity index (χ1n) is 6.50. The smallest absolute Gasteiger partial charge is 0.239 e. The quantitative estimate of drug-likeness (QED) is 0.838. The zero-order chi connectivity index (χ0) is 13.0. The molecule has 0 saturated carbocycles. The summed E-state index contributed by atoms with van der Waals surface area (Å²) in [5.41, 5.74) is 2.42. The fourth-order valence-electron chi connectivity index (χ4n) is 2.13. The third-order valence-electron chi connectivity index (χ3n) is 3.07. The van der Waals surface area contributed by atoms with Gasteiger partial charge in [0.05, 0.1) is 6.54 Å². The zero-order valence-corrected chi connectivity index (χ0v) is 11.1. The summed E-state index contributed by atoms with van der Waals surface area (Å²) in [7, 11) is 0. The maximum absolute atomic E-state index is 11.5. The van der Waals surface area contributed by atoms with Gasteiger partial charge >= 0.3 is 0 Å². The molecule has 1 aromatic carbocycles. The number of nitrogens with one attached hydrogen (secondary N) is 2. The Morgan fingerprint density at radius 3 is 2.89 bits per heavy atom. The molecule has 1 aliphatic rings. The van der Waals surface area contributed by atoms with E-state index in [1.165, 1.54) is 11.3 Å². The molecule has 1 aromatic rings. The van der Waals surface area contributed by atoms with Crippen molar-refractivity contribution in [3.05, 3.63) is 29.8 Å². The number of hydrogen-bond acceptors (Lipinski definition) is 3. The molecular formula is C14H21N3O. The molecule has 4 nitrogen and oxygen atoms in total. The molecule has 0 atom stereocenters. The predicted molar refractivity (Wildman–Crippen MR) is 73.6 cm³/mol. The minimum absolute atomic E-state index is 0.105. The summed E-state index contributed by atoms with van der Waals surface area (Å²) < 4.78 is 0. The van der Waals surface area contributed by atoms with E-state index in [9.17, 15) is 4.79 Å². The SMILES string of the molecule is CC(C)NCc1ccccc1N1CCNC(=O)C1. The van der Waals surface area contributed by atoms with Gasteiger partial charge in [-0.05, 0) is 11.6 Å². The van der Waals surface area contributed by atoms with Crippen LogP contribution in [0.1, 0.15) is 19.4 Å². The van der Waals surface area contributed by atoms with Crippen LogP contribution in [0.25, 0.3) is 0 Å².